The minimum Gasteiger partial charge on any atom is -0.299 e. The molecule has 1 aliphatic rings. The molecule has 2 atom stereocenters. The van der Waals surface area contributed by atoms with Crippen LogP contribution in [0, 0.1) is 5.92 Å². The molecular weight excluding hydrogens is 100 g/mol. The molecule has 0 N–H and O–H groups in total. The van der Waals surface area contributed by atoms with Gasteiger partial charge in [0.2, 0.25) is 0 Å². The van der Waals surface area contributed by atoms with E-state index < -0.39 is 0 Å². The highest BCUT2D eigenvalue weighted by molar-refractivity contribution is 5.81. The minimum atomic E-state index is -0.119. The Balaban J connectivity index is 2.51. The largest absolute Gasteiger partial charge is 0.299 e. The molecule has 0 heterocycles. The van der Waals surface area contributed by atoms with Crippen LogP contribution < -0.4 is 0 Å². The van der Waals surface area contributed by atoms with E-state index in [0.29, 0.717) is 6.42 Å². The van der Waals surface area contributed by atoms with Crippen molar-refractivity contribution in [3.05, 3.63) is 0 Å². The number of carbonyl (C=O) groups excluding carboxylic acids is 1. The Hall–Kier alpha value is -0.330. The van der Waals surface area contributed by atoms with Crippen molar-refractivity contribution in [3.63, 3.8) is 0 Å². The fourth-order valence-corrected chi connectivity index (χ4v) is 1.00. The van der Waals surface area contributed by atoms with Gasteiger partial charge in [-0.25, -0.2) is 0 Å². The fourth-order valence-electron chi connectivity index (χ4n) is 1.00. The Kier molecular flexibility index (Phi) is 1.30. The zero-order valence-corrected chi connectivity index (χ0v) is 5.18. The summed E-state index contributed by atoms with van der Waals surface area (Å²) < 4.78 is 7.39. The summed E-state index contributed by atoms with van der Waals surface area (Å²) in [6.45, 7) is 1.86. The summed E-state index contributed by atoms with van der Waals surface area (Å²) in [7, 11) is 0. The lowest BCUT2D eigenvalue weighted by molar-refractivity contribution is -0.123. The number of ketones is 1. The minimum absolute atomic E-state index is 0.00116. The summed E-state index contributed by atoms with van der Waals surface area (Å²) >= 11 is 0. The second-order valence-electron chi connectivity index (χ2n) is 2.38. The molecule has 1 heteroatoms. The van der Waals surface area contributed by atoms with Gasteiger partial charge in [0.25, 0.3) is 0 Å². The molecule has 8 heavy (non-hydrogen) atoms. The van der Waals surface area contributed by atoms with Gasteiger partial charge in [-0.15, -0.1) is 0 Å². The summed E-state index contributed by atoms with van der Waals surface area (Å²) in [6.07, 6.45) is 2.42. The highest BCUT2D eigenvalue weighted by atomic mass is 16.1. The summed E-state index contributed by atoms with van der Waals surface area (Å²) in [5.74, 6) is 0.278. The van der Waals surface area contributed by atoms with Gasteiger partial charge in [0.1, 0.15) is 5.78 Å². The van der Waals surface area contributed by atoms with Gasteiger partial charge in [0, 0.05) is 13.7 Å². The third-order valence-electron chi connectivity index (χ3n) is 1.66. The van der Waals surface area contributed by atoms with E-state index in [1.165, 1.54) is 0 Å². The number of hydrogen-bond acceptors (Lipinski definition) is 1. The molecule has 0 radical (unpaired) electrons. The van der Waals surface area contributed by atoms with Crippen LogP contribution in [0.4, 0.5) is 0 Å². The van der Waals surface area contributed by atoms with Crippen molar-refractivity contribution in [1.82, 2.24) is 0 Å². The molecule has 0 bridgehead atoms. The van der Waals surface area contributed by atoms with E-state index in [-0.39, 0.29) is 18.1 Å². The smallest absolute Gasteiger partial charge is 0.135 e. The third-order valence-corrected chi connectivity index (χ3v) is 1.66. The summed E-state index contributed by atoms with van der Waals surface area (Å²) in [5.41, 5.74) is 0. The van der Waals surface area contributed by atoms with Gasteiger partial charge in [0.15, 0.2) is 0 Å². The molecule has 0 amide bonds. The Bertz CT molecular complexity index is 122. The second-order valence-corrected chi connectivity index (χ2v) is 2.38. The van der Waals surface area contributed by atoms with Gasteiger partial charge in [-0.05, 0) is 12.8 Å². The summed E-state index contributed by atoms with van der Waals surface area (Å²) in [4.78, 5) is 10.9. The number of carbonyl (C=O) groups is 1. The highest BCUT2D eigenvalue weighted by Gasteiger charge is 2.16. The van der Waals surface area contributed by atoms with E-state index >= 15 is 0 Å². The van der Waals surface area contributed by atoms with Gasteiger partial charge in [-0.3, -0.25) is 4.79 Å². The number of rotatable bonds is 0. The second kappa shape index (κ2) is 2.29. The zero-order valence-electron chi connectivity index (χ0n) is 6.18. The van der Waals surface area contributed by atoms with Crippen LogP contribution in [0.5, 0.6) is 0 Å². The van der Waals surface area contributed by atoms with Crippen molar-refractivity contribution >= 4 is 5.78 Å². The van der Waals surface area contributed by atoms with Crippen molar-refractivity contribution in [2.24, 2.45) is 5.92 Å². The van der Waals surface area contributed by atoms with Crippen LogP contribution in [0.25, 0.3) is 0 Å². The molecule has 0 aromatic heterocycles. The van der Waals surface area contributed by atoms with E-state index in [2.05, 4.69) is 0 Å². The molecular formula is C7H12O. The van der Waals surface area contributed by atoms with E-state index in [4.69, 9.17) is 1.37 Å². The van der Waals surface area contributed by atoms with Gasteiger partial charge in [-0.2, -0.15) is 0 Å². The van der Waals surface area contributed by atoms with Crippen molar-refractivity contribution in [1.29, 1.82) is 0 Å². The predicted octanol–water partition coefficient (Wildman–Crippen LogP) is 1.77. The van der Waals surface area contributed by atoms with E-state index in [9.17, 15) is 4.79 Å². The maximum absolute atomic E-state index is 10.9. The number of Topliss-reactive ketones (excluding diaryl/α,β-unsaturated/α-hetero) is 1. The van der Waals surface area contributed by atoms with Crippen molar-refractivity contribution in [3.8, 4) is 0 Å². The molecule has 0 aliphatic heterocycles. The first-order valence-electron chi connectivity index (χ1n) is 3.74. The van der Waals surface area contributed by atoms with E-state index in [0.717, 1.165) is 12.8 Å². The van der Waals surface area contributed by atoms with Crippen LogP contribution in [0.3, 0.4) is 0 Å². The maximum Gasteiger partial charge on any atom is 0.135 e. The lowest BCUT2D eigenvalue weighted by atomic mass is 9.90. The predicted molar refractivity (Wildman–Crippen MR) is 32.6 cm³/mol. The summed E-state index contributed by atoms with van der Waals surface area (Å²) in [5, 5.41) is 0. The van der Waals surface area contributed by atoms with Gasteiger partial charge in [0.05, 0.1) is 0 Å². The van der Waals surface area contributed by atoms with Crippen molar-refractivity contribution in [2.75, 3.05) is 0 Å². The fraction of sp³-hybridized carbons (Fsp3) is 0.857. The molecule has 1 nitrogen and oxygen atoms in total. The SMILES string of the molecule is [2H][C@H]1CCCC(=O)[C@@H]1C. The topological polar surface area (TPSA) is 17.1 Å². The quantitative estimate of drug-likeness (QED) is 0.468. The molecule has 1 rings (SSSR count). The molecule has 1 saturated carbocycles. The van der Waals surface area contributed by atoms with Gasteiger partial charge in [-0.1, -0.05) is 13.3 Å². The molecule has 0 aromatic carbocycles. The van der Waals surface area contributed by atoms with Gasteiger partial charge >= 0.3 is 0 Å². The Labute approximate surface area is 51.5 Å². The maximum atomic E-state index is 10.9. The number of hydrogen-bond donors (Lipinski definition) is 0. The van der Waals surface area contributed by atoms with Crippen molar-refractivity contribution in [2.45, 2.75) is 32.6 Å². The Morgan fingerprint density at radius 2 is 2.50 bits per heavy atom. The van der Waals surface area contributed by atoms with Crippen LogP contribution in [0.1, 0.15) is 34.0 Å². The first-order chi connectivity index (χ1) is 4.22. The van der Waals surface area contributed by atoms with Crippen LogP contribution >= 0.6 is 0 Å². The van der Waals surface area contributed by atoms with Crippen LogP contribution in [-0.4, -0.2) is 5.78 Å². The Morgan fingerprint density at radius 3 is 3.00 bits per heavy atom. The molecule has 0 unspecified atom stereocenters. The van der Waals surface area contributed by atoms with Crippen LogP contribution in [0.2, 0.25) is 0 Å². The van der Waals surface area contributed by atoms with Crippen molar-refractivity contribution < 1.29 is 6.17 Å². The normalized spacial score (nSPS) is 41.6. The first-order valence-corrected chi connectivity index (χ1v) is 3.17. The standard InChI is InChI=1S/C7H12O/c1-6-4-2-3-5-7(6)8/h6H,2-5H2,1H3/t6-/m1/s1/i4D/t4-,6+/m0. The third kappa shape index (κ3) is 1.09. The molecule has 1 fully saturated rings. The lowest BCUT2D eigenvalue weighted by Gasteiger charge is -2.14. The molecule has 46 valence electrons. The summed E-state index contributed by atoms with van der Waals surface area (Å²) in [6, 6.07) is 0. The average molecular weight is 113 g/mol. The van der Waals surface area contributed by atoms with E-state index in [1.807, 2.05) is 6.92 Å². The lowest BCUT2D eigenvalue weighted by Crippen LogP contribution is -2.14. The van der Waals surface area contributed by atoms with E-state index in [1.54, 1.807) is 0 Å². The molecule has 1 aliphatic carbocycles. The molecule has 0 saturated heterocycles. The monoisotopic (exact) mass is 113 g/mol. The first kappa shape index (κ1) is 4.54. The molecule has 0 spiro atoms. The average Bonchev–Trinajstić information content (AvgIpc) is 1.83. The van der Waals surface area contributed by atoms with Crippen LogP contribution in [0.15, 0.2) is 0 Å². The highest BCUT2D eigenvalue weighted by Crippen LogP contribution is 2.18. The molecule has 0 aromatic rings. The zero-order chi connectivity index (χ0) is 6.85. The Morgan fingerprint density at radius 1 is 1.75 bits per heavy atom. The van der Waals surface area contributed by atoms with Crippen LogP contribution in [-0.2, 0) is 4.79 Å². The van der Waals surface area contributed by atoms with Gasteiger partial charge < -0.3 is 0 Å².